The molecule has 0 fully saturated rings. The van der Waals surface area contributed by atoms with E-state index in [2.05, 4.69) is 0 Å². The second-order valence-corrected chi connectivity index (χ2v) is 4.44. The van der Waals surface area contributed by atoms with E-state index in [9.17, 15) is 4.79 Å². The highest BCUT2D eigenvalue weighted by Crippen LogP contribution is 2.22. The molecule has 2 aromatic rings. The van der Waals surface area contributed by atoms with Crippen molar-refractivity contribution in [3.8, 4) is 11.5 Å². The summed E-state index contributed by atoms with van der Waals surface area (Å²) in [5.74, 6) is 1.36. The quantitative estimate of drug-likeness (QED) is 0.788. The van der Waals surface area contributed by atoms with Gasteiger partial charge in [-0.05, 0) is 54.9 Å². The van der Waals surface area contributed by atoms with Crippen LogP contribution in [0.15, 0.2) is 48.5 Å². The van der Waals surface area contributed by atoms with Crippen molar-refractivity contribution >= 4 is 5.78 Å². The molecule has 4 N–H and O–H groups in total. The fourth-order valence-electron chi connectivity index (χ4n) is 1.89. The van der Waals surface area contributed by atoms with E-state index in [1.54, 1.807) is 24.3 Å². The molecule has 104 valence electrons. The number of hydrogen-bond acceptors (Lipinski definition) is 4. The van der Waals surface area contributed by atoms with Crippen molar-refractivity contribution in [2.45, 2.75) is 6.42 Å². The number of benzene rings is 2. The number of ether oxygens (including phenoxy) is 1. The number of carbonyl (C=O) groups excluding carboxylic acids is 1. The molecule has 2 aromatic carbocycles. The maximum absolute atomic E-state index is 11.4. The predicted molar refractivity (Wildman–Crippen MR) is 79.1 cm³/mol. The number of Topliss-reactive ketones (excluding diaryl/α,β-unsaturated/α-hetero) is 1. The molecule has 0 aliphatic carbocycles. The zero-order chi connectivity index (χ0) is 14.4. The highest BCUT2D eigenvalue weighted by Gasteiger charge is 2.04. The van der Waals surface area contributed by atoms with Gasteiger partial charge in [0.2, 0.25) is 0 Å². The number of rotatable bonds is 6. The van der Waals surface area contributed by atoms with Crippen molar-refractivity contribution in [2.24, 2.45) is 11.5 Å². The molecule has 0 aliphatic heterocycles. The number of carbonyl (C=O) groups is 1. The van der Waals surface area contributed by atoms with Crippen molar-refractivity contribution in [1.82, 2.24) is 0 Å². The van der Waals surface area contributed by atoms with Gasteiger partial charge in [-0.2, -0.15) is 0 Å². The lowest BCUT2D eigenvalue weighted by atomic mass is 10.1. The smallest absolute Gasteiger partial charge is 0.176 e. The zero-order valence-corrected chi connectivity index (χ0v) is 11.2. The molecule has 0 aromatic heterocycles. The first-order valence-electron chi connectivity index (χ1n) is 6.53. The molecular weight excluding hydrogens is 252 g/mol. The summed E-state index contributed by atoms with van der Waals surface area (Å²) in [7, 11) is 0. The Morgan fingerprint density at radius 1 is 1.00 bits per heavy atom. The summed E-state index contributed by atoms with van der Waals surface area (Å²) in [6.07, 6.45) is 0.821. The van der Waals surface area contributed by atoms with Crippen molar-refractivity contribution in [2.75, 3.05) is 13.1 Å². The molecule has 4 heteroatoms. The van der Waals surface area contributed by atoms with Crippen LogP contribution in [0.3, 0.4) is 0 Å². The van der Waals surface area contributed by atoms with E-state index in [1.807, 2.05) is 24.3 Å². The normalized spacial score (nSPS) is 10.3. The van der Waals surface area contributed by atoms with Gasteiger partial charge in [-0.15, -0.1) is 0 Å². The Labute approximate surface area is 118 Å². The molecule has 0 radical (unpaired) electrons. The number of ketones is 1. The molecule has 4 nitrogen and oxygen atoms in total. The van der Waals surface area contributed by atoms with E-state index in [1.165, 1.54) is 0 Å². The van der Waals surface area contributed by atoms with Crippen molar-refractivity contribution in [3.63, 3.8) is 0 Å². The zero-order valence-electron chi connectivity index (χ0n) is 11.2. The molecule has 0 saturated carbocycles. The van der Waals surface area contributed by atoms with Crippen LogP contribution in [0.25, 0.3) is 0 Å². The average Bonchev–Trinajstić information content (AvgIpc) is 2.48. The van der Waals surface area contributed by atoms with Crippen LogP contribution in [0.4, 0.5) is 0 Å². The van der Waals surface area contributed by atoms with Crippen LogP contribution in [-0.4, -0.2) is 18.9 Å². The standard InChI is InChI=1S/C16H18N2O2/c17-9-8-12-2-1-3-15(10-12)20-14-6-4-13(5-7-14)16(19)11-18/h1-7,10H,8-9,11,17-18H2. The minimum atomic E-state index is -0.0820. The second kappa shape index (κ2) is 6.84. The molecular formula is C16H18N2O2. The largest absolute Gasteiger partial charge is 0.457 e. The summed E-state index contributed by atoms with van der Waals surface area (Å²) in [6, 6.07) is 14.8. The first kappa shape index (κ1) is 14.2. The minimum Gasteiger partial charge on any atom is -0.457 e. The van der Waals surface area contributed by atoms with Crippen molar-refractivity contribution in [3.05, 3.63) is 59.7 Å². The molecule has 0 aliphatic rings. The summed E-state index contributed by atoms with van der Waals surface area (Å²) in [5.41, 5.74) is 12.6. The molecule has 0 heterocycles. The van der Waals surface area contributed by atoms with E-state index < -0.39 is 0 Å². The maximum atomic E-state index is 11.4. The van der Waals surface area contributed by atoms with Crippen LogP contribution >= 0.6 is 0 Å². The summed E-state index contributed by atoms with van der Waals surface area (Å²) in [6.45, 7) is 0.626. The fourth-order valence-corrected chi connectivity index (χ4v) is 1.89. The molecule has 0 atom stereocenters. The molecule has 0 unspecified atom stereocenters. The number of hydrogen-bond donors (Lipinski definition) is 2. The Morgan fingerprint density at radius 3 is 2.40 bits per heavy atom. The fraction of sp³-hybridized carbons (Fsp3) is 0.188. The topological polar surface area (TPSA) is 78.3 Å². The lowest BCUT2D eigenvalue weighted by Gasteiger charge is -2.08. The minimum absolute atomic E-state index is 0.0152. The van der Waals surface area contributed by atoms with Crippen molar-refractivity contribution < 1.29 is 9.53 Å². The summed E-state index contributed by atoms with van der Waals surface area (Å²) < 4.78 is 5.75. The third-order valence-electron chi connectivity index (χ3n) is 2.93. The molecule has 0 spiro atoms. The lowest BCUT2D eigenvalue weighted by molar-refractivity contribution is 0.100. The van der Waals surface area contributed by atoms with Crippen LogP contribution < -0.4 is 16.2 Å². The highest BCUT2D eigenvalue weighted by molar-refractivity contribution is 5.97. The Hall–Kier alpha value is -2.17. The van der Waals surface area contributed by atoms with Gasteiger partial charge >= 0.3 is 0 Å². The highest BCUT2D eigenvalue weighted by atomic mass is 16.5. The van der Waals surface area contributed by atoms with Gasteiger partial charge in [-0.1, -0.05) is 12.1 Å². The summed E-state index contributed by atoms with van der Waals surface area (Å²) in [4.78, 5) is 11.4. The lowest BCUT2D eigenvalue weighted by Crippen LogP contribution is -2.13. The van der Waals surface area contributed by atoms with Crippen LogP contribution in [0.1, 0.15) is 15.9 Å². The van der Waals surface area contributed by atoms with Crippen LogP contribution in [0.2, 0.25) is 0 Å². The van der Waals surface area contributed by atoms with E-state index in [4.69, 9.17) is 16.2 Å². The van der Waals surface area contributed by atoms with Gasteiger partial charge in [0.25, 0.3) is 0 Å². The first-order valence-corrected chi connectivity index (χ1v) is 6.53. The van der Waals surface area contributed by atoms with E-state index >= 15 is 0 Å². The first-order chi connectivity index (χ1) is 9.72. The van der Waals surface area contributed by atoms with E-state index in [0.29, 0.717) is 17.9 Å². The predicted octanol–water partition coefficient (Wildman–Crippen LogP) is 2.12. The van der Waals surface area contributed by atoms with Crippen molar-refractivity contribution in [1.29, 1.82) is 0 Å². The third kappa shape index (κ3) is 3.66. The van der Waals surface area contributed by atoms with Crippen LogP contribution in [0.5, 0.6) is 11.5 Å². The molecule has 0 amide bonds. The van der Waals surface area contributed by atoms with E-state index in [-0.39, 0.29) is 12.3 Å². The Balaban J connectivity index is 2.09. The molecule has 20 heavy (non-hydrogen) atoms. The third-order valence-corrected chi connectivity index (χ3v) is 2.93. The van der Waals surface area contributed by atoms with Gasteiger partial charge in [0.05, 0.1) is 6.54 Å². The number of nitrogens with two attached hydrogens (primary N) is 2. The van der Waals surface area contributed by atoms with Gasteiger partial charge in [-0.25, -0.2) is 0 Å². The Bertz CT molecular complexity index is 579. The van der Waals surface area contributed by atoms with Gasteiger partial charge < -0.3 is 16.2 Å². The summed E-state index contributed by atoms with van der Waals surface area (Å²) >= 11 is 0. The van der Waals surface area contributed by atoms with Gasteiger partial charge in [0.15, 0.2) is 5.78 Å². The average molecular weight is 270 g/mol. The van der Waals surface area contributed by atoms with Gasteiger partial charge in [0, 0.05) is 5.56 Å². The second-order valence-electron chi connectivity index (χ2n) is 4.44. The summed E-state index contributed by atoms with van der Waals surface area (Å²) in [5, 5.41) is 0. The SMILES string of the molecule is NCCc1cccc(Oc2ccc(C(=O)CN)cc2)c1. The van der Waals surface area contributed by atoms with Gasteiger partial charge in [0.1, 0.15) is 11.5 Å². The molecule has 0 bridgehead atoms. The van der Waals surface area contributed by atoms with Gasteiger partial charge in [-0.3, -0.25) is 4.79 Å². The van der Waals surface area contributed by atoms with Crippen LogP contribution in [0, 0.1) is 0 Å². The van der Waals surface area contributed by atoms with E-state index in [0.717, 1.165) is 17.7 Å². The molecule has 2 rings (SSSR count). The monoisotopic (exact) mass is 270 g/mol. The maximum Gasteiger partial charge on any atom is 0.176 e. The Morgan fingerprint density at radius 2 is 1.75 bits per heavy atom. The Kier molecular flexibility index (Phi) is 4.87. The molecule has 0 saturated heterocycles. The van der Waals surface area contributed by atoms with Crippen LogP contribution in [-0.2, 0) is 6.42 Å².